The maximum absolute atomic E-state index is 13.4. The molecule has 3 nitrogen and oxygen atoms in total. The number of aromatic nitrogens is 2. The summed E-state index contributed by atoms with van der Waals surface area (Å²) in [5.41, 5.74) is 3.46. The molecule has 1 heterocycles. The fraction of sp³-hybridized carbons (Fsp3) is 0.286. The Labute approximate surface area is 115 Å². The highest BCUT2D eigenvalue weighted by Gasteiger charge is 2.08. The number of aliphatic hydroxyl groups is 1. The number of hydrogen-bond donors (Lipinski definition) is 1. The Bertz CT molecular complexity index is 593. The van der Waals surface area contributed by atoms with Crippen molar-refractivity contribution in [3.8, 4) is 0 Å². The third kappa shape index (κ3) is 3.30. The minimum atomic E-state index is -0.366. The largest absolute Gasteiger partial charge is 0.392 e. The van der Waals surface area contributed by atoms with Crippen molar-refractivity contribution in [1.29, 1.82) is 0 Å². The van der Waals surface area contributed by atoms with E-state index in [1.54, 1.807) is 6.07 Å². The van der Waals surface area contributed by atoms with Crippen molar-refractivity contribution < 1.29 is 9.50 Å². The number of hydrogen-bond acceptors (Lipinski definition) is 4. The standard InChI is InChI=1S/C14H15FN2OS/c1-8-9(2)16-14(17-10(8)3)19-13-5-11(7-18)4-12(15)6-13/h4-6,18H,7H2,1-3H3. The SMILES string of the molecule is Cc1nc(Sc2cc(F)cc(CO)c2)nc(C)c1C. The average Bonchev–Trinajstić information content (AvgIpc) is 2.35. The molecule has 0 aliphatic heterocycles. The molecule has 0 amide bonds. The highest BCUT2D eigenvalue weighted by Crippen LogP contribution is 2.27. The molecule has 0 aliphatic rings. The molecule has 0 saturated heterocycles. The number of nitrogens with zero attached hydrogens (tertiary/aromatic N) is 2. The van der Waals surface area contributed by atoms with Crippen molar-refractivity contribution in [3.63, 3.8) is 0 Å². The van der Waals surface area contributed by atoms with Crippen molar-refractivity contribution in [1.82, 2.24) is 9.97 Å². The molecule has 1 aromatic carbocycles. The predicted molar refractivity (Wildman–Crippen MR) is 72.7 cm³/mol. The van der Waals surface area contributed by atoms with Crippen LogP contribution in [-0.2, 0) is 6.61 Å². The molecule has 0 radical (unpaired) electrons. The highest BCUT2D eigenvalue weighted by atomic mass is 32.2. The van der Waals surface area contributed by atoms with E-state index in [1.165, 1.54) is 23.9 Å². The second kappa shape index (κ2) is 5.67. The zero-order valence-corrected chi connectivity index (χ0v) is 11.9. The molecular formula is C14H15FN2OS. The van der Waals surface area contributed by atoms with Crippen LogP contribution in [0.1, 0.15) is 22.5 Å². The first-order chi connectivity index (χ1) is 8.99. The van der Waals surface area contributed by atoms with E-state index in [1.807, 2.05) is 20.8 Å². The number of rotatable bonds is 3. The fourth-order valence-corrected chi connectivity index (χ4v) is 2.62. The van der Waals surface area contributed by atoms with E-state index in [9.17, 15) is 4.39 Å². The second-order valence-electron chi connectivity index (χ2n) is 4.36. The van der Waals surface area contributed by atoms with E-state index in [0.717, 1.165) is 17.0 Å². The van der Waals surface area contributed by atoms with Crippen LogP contribution in [0.2, 0.25) is 0 Å². The zero-order chi connectivity index (χ0) is 14.0. The maximum Gasteiger partial charge on any atom is 0.192 e. The van der Waals surface area contributed by atoms with Gasteiger partial charge >= 0.3 is 0 Å². The highest BCUT2D eigenvalue weighted by molar-refractivity contribution is 7.99. The Kier molecular flexibility index (Phi) is 4.17. The monoisotopic (exact) mass is 278 g/mol. The topological polar surface area (TPSA) is 46.0 Å². The molecule has 0 fully saturated rings. The first-order valence-electron chi connectivity index (χ1n) is 5.89. The molecule has 0 aliphatic carbocycles. The number of halogens is 1. The quantitative estimate of drug-likeness (QED) is 0.876. The summed E-state index contributed by atoms with van der Waals surface area (Å²) in [5.74, 6) is -0.366. The second-order valence-corrected chi connectivity index (χ2v) is 5.40. The first-order valence-corrected chi connectivity index (χ1v) is 6.71. The van der Waals surface area contributed by atoms with Gasteiger partial charge in [-0.05, 0) is 61.9 Å². The Morgan fingerprint density at radius 2 is 1.74 bits per heavy atom. The summed E-state index contributed by atoms with van der Waals surface area (Å²) in [6.45, 7) is 5.65. The van der Waals surface area contributed by atoms with Crippen molar-refractivity contribution in [2.45, 2.75) is 37.4 Å². The van der Waals surface area contributed by atoms with Gasteiger partial charge in [-0.15, -0.1) is 0 Å². The minimum absolute atomic E-state index is 0.182. The molecule has 0 bridgehead atoms. The van der Waals surface area contributed by atoms with E-state index >= 15 is 0 Å². The minimum Gasteiger partial charge on any atom is -0.392 e. The number of aryl methyl sites for hydroxylation is 2. The summed E-state index contributed by atoms with van der Waals surface area (Å²) in [6.07, 6.45) is 0. The molecule has 1 N–H and O–H groups in total. The molecule has 1 aromatic heterocycles. The van der Waals surface area contributed by atoms with E-state index in [2.05, 4.69) is 9.97 Å². The third-order valence-electron chi connectivity index (χ3n) is 2.93. The van der Waals surface area contributed by atoms with Gasteiger partial charge in [-0.25, -0.2) is 14.4 Å². The van der Waals surface area contributed by atoms with Crippen LogP contribution in [0.15, 0.2) is 28.3 Å². The van der Waals surface area contributed by atoms with Crippen LogP contribution in [0.5, 0.6) is 0 Å². The van der Waals surface area contributed by atoms with Crippen LogP contribution in [0.3, 0.4) is 0 Å². The molecule has 5 heteroatoms. The molecule has 2 aromatic rings. The van der Waals surface area contributed by atoms with Crippen molar-refractivity contribution in [2.75, 3.05) is 0 Å². The summed E-state index contributed by atoms with van der Waals surface area (Å²) >= 11 is 1.29. The smallest absolute Gasteiger partial charge is 0.192 e. The summed E-state index contributed by atoms with van der Waals surface area (Å²) in [6, 6.07) is 4.47. The summed E-state index contributed by atoms with van der Waals surface area (Å²) in [4.78, 5) is 9.45. The molecule has 19 heavy (non-hydrogen) atoms. The van der Waals surface area contributed by atoms with Gasteiger partial charge < -0.3 is 5.11 Å². The van der Waals surface area contributed by atoms with Crippen LogP contribution < -0.4 is 0 Å². The third-order valence-corrected chi connectivity index (χ3v) is 3.77. The molecule has 0 atom stereocenters. The summed E-state index contributed by atoms with van der Waals surface area (Å²) in [5, 5.41) is 9.66. The van der Waals surface area contributed by atoms with Gasteiger partial charge in [0.05, 0.1) is 6.61 Å². The van der Waals surface area contributed by atoms with Gasteiger partial charge in [-0.3, -0.25) is 0 Å². The zero-order valence-electron chi connectivity index (χ0n) is 11.1. The molecule has 100 valence electrons. The number of benzene rings is 1. The lowest BCUT2D eigenvalue weighted by atomic mass is 10.2. The van der Waals surface area contributed by atoms with Gasteiger partial charge in [0.25, 0.3) is 0 Å². The average molecular weight is 278 g/mol. The van der Waals surface area contributed by atoms with Crippen LogP contribution >= 0.6 is 11.8 Å². The van der Waals surface area contributed by atoms with Gasteiger partial charge in [0.1, 0.15) is 5.82 Å². The number of aliphatic hydroxyl groups excluding tert-OH is 1. The van der Waals surface area contributed by atoms with E-state index in [-0.39, 0.29) is 12.4 Å². The Morgan fingerprint density at radius 3 is 2.32 bits per heavy atom. The van der Waals surface area contributed by atoms with Gasteiger partial charge in [0, 0.05) is 16.3 Å². The van der Waals surface area contributed by atoms with Crippen LogP contribution in [-0.4, -0.2) is 15.1 Å². The summed E-state index contributed by atoms with van der Waals surface area (Å²) < 4.78 is 13.4. The maximum atomic E-state index is 13.4. The van der Waals surface area contributed by atoms with Crippen molar-refractivity contribution >= 4 is 11.8 Å². The van der Waals surface area contributed by atoms with Gasteiger partial charge in [-0.1, -0.05) is 0 Å². The lowest BCUT2D eigenvalue weighted by molar-refractivity contribution is 0.281. The van der Waals surface area contributed by atoms with E-state index in [0.29, 0.717) is 15.6 Å². The molecule has 0 unspecified atom stereocenters. The Hall–Kier alpha value is -1.46. The van der Waals surface area contributed by atoms with Gasteiger partial charge in [0.2, 0.25) is 0 Å². The van der Waals surface area contributed by atoms with Crippen LogP contribution in [0.4, 0.5) is 4.39 Å². The first kappa shape index (κ1) is 14.0. The Balaban J connectivity index is 2.33. The lowest BCUT2D eigenvalue weighted by Crippen LogP contribution is -1.98. The molecule has 0 spiro atoms. The molecular weight excluding hydrogens is 263 g/mol. The lowest BCUT2D eigenvalue weighted by Gasteiger charge is -2.07. The van der Waals surface area contributed by atoms with E-state index < -0.39 is 0 Å². The summed E-state index contributed by atoms with van der Waals surface area (Å²) in [7, 11) is 0. The molecule has 2 rings (SSSR count). The normalized spacial score (nSPS) is 10.8. The van der Waals surface area contributed by atoms with E-state index in [4.69, 9.17) is 5.11 Å². The van der Waals surface area contributed by atoms with Gasteiger partial charge in [0.15, 0.2) is 5.16 Å². The van der Waals surface area contributed by atoms with Crippen molar-refractivity contribution in [2.24, 2.45) is 0 Å². The van der Waals surface area contributed by atoms with Crippen LogP contribution in [0.25, 0.3) is 0 Å². The predicted octanol–water partition coefficient (Wildman–Crippen LogP) is 3.18. The van der Waals surface area contributed by atoms with Crippen molar-refractivity contribution in [3.05, 3.63) is 46.5 Å². The molecule has 0 saturated carbocycles. The Morgan fingerprint density at radius 1 is 1.11 bits per heavy atom. The fourth-order valence-electron chi connectivity index (χ4n) is 1.66. The van der Waals surface area contributed by atoms with Crippen LogP contribution in [0, 0.1) is 26.6 Å². The van der Waals surface area contributed by atoms with Gasteiger partial charge in [-0.2, -0.15) is 0 Å².